The summed E-state index contributed by atoms with van der Waals surface area (Å²) in [6.07, 6.45) is 1.62. The van der Waals surface area contributed by atoms with E-state index in [0.29, 0.717) is 24.5 Å². The Morgan fingerprint density at radius 2 is 1.55 bits per heavy atom. The van der Waals surface area contributed by atoms with Crippen molar-refractivity contribution in [3.63, 3.8) is 0 Å². The third-order valence-electron chi connectivity index (χ3n) is 5.76. The molecule has 2 atom stereocenters. The lowest BCUT2D eigenvalue weighted by atomic mass is 10.1. The lowest BCUT2D eigenvalue weighted by Gasteiger charge is -2.30. The van der Waals surface area contributed by atoms with E-state index >= 15 is 0 Å². The van der Waals surface area contributed by atoms with Crippen molar-refractivity contribution in [1.29, 1.82) is 0 Å². The molecule has 2 amide bonds. The molecule has 2 aromatic rings. The number of hydrogen-bond donors (Lipinski definition) is 1. The second-order valence-electron chi connectivity index (χ2n) is 8.05. The minimum atomic E-state index is -0.598. The van der Waals surface area contributed by atoms with Gasteiger partial charge in [-0.1, -0.05) is 25.1 Å². The standard InChI is InChI=1S/C26H36N2O5/c1-7-18(2)27-26(30)19(3)28(17-21-8-12-22(31-4)13-9-21)25(29)15-11-20-10-14-23(32-5)24(16-20)33-6/h8-10,12-14,16,18-19H,7,11,15,17H2,1-6H3,(H,27,30)/t18-,19+/m1/s1. The molecule has 0 bridgehead atoms. The summed E-state index contributed by atoms with van der Waals surface area (Å²) in [6, 6.07) is 12.6. The van der Waals surface area contributed by atoms with E-state index < -0.39 is 6.04 Å². The number of aryl methyl sites for hydroxylation is 1. The second kappa shape index (κ2) is 12.7. The fraction of sp³-hybridized carbons (Fsp3) is 0.462. The maximum Gasteiger partial charge on any atom is 0.242 e. The SMILES string of the molecule is CC[C@@H](C)NC(=O)[C@H](C)N(Cc1ccc(OC)cc1)C(=O)CCc1ccc(OC)c(OC)c1. The summed E-state index contributed by atoms with van der Waals surface area (Å²) < 4.78 is 15.9. The molecule has 0 aliphatic carbocycles. The zero-order chi connectivity index (χ0) is 24.4. The molecular weight excluding hydrogens is 420 g/mol. The van der Waals surface area contributed by atoms with Crippen LogP contribution in [0.1, 0.15) is 44.7 Å². The first kappa shape index (κ1) is 26.0. The van der Waals surface area contributed by atoms with E-state index in [9.17, 15) is 9.59 Å². The van der Waals surface area contributed by atoms with Gasteiger partial charge in [0.15, 0.2) is 11.5 Å². The maximum absolute atomic E-state index is 13.3. The predicted molar refractivity (Wildman–Crippen MR) is 129 cm³/mol. The molecule has 7 heteroatoms. The Hall–Kier alpha value is -3.22. The summed E-state index contributed by atoms with van der Waals surface area (Å²) in [6.45, 7) is 6.08. The lowest BCUT2D eigenvalue weighted by molar-refractivity contribution is -0.140. The average molecular weight is 457 g/mol. The van der Waals surface area contributed by atoms with Gasteiger partial charge in [0.25, 0.3) is 0 Å². The normalized spacial score (nSPS) is 12.4. The van der Waals surface area contributed by atoms with Crippen molar-refractivity contribution in [2.24, 2.45) is 0 Å². The number of nitrogens with one attached hydrogen (secondary N) is 1. The number of hydrogen-bond acceptors (Lipinski definition) is 5. The van der Waals surface area contributed by atoms with Crippen LogP contribution < -0.4 is 19.5 Å². The quantitative estimate of drug-likeness (QED) is 0.523. The first-order valence-electron chi connectivity index (χ1n) is 11.3. The van der Waals surface area contributed by atoms with Crippen molar-refractivity contribution in [1.82, 2.24) is 10.2 Å². The largest absolute Gasteiger partial charge is 0.497 e. The molecule has 180 valence electrons. The Kier molecular flexibility index (Phi) is 10.0. The lowest BCUT2D eigenvalue weighted by Crippen LogP contribution is -2.49. The third-order valence-corrected chi connectivity index (χ3v) is 5.76. The predicted octanol–water partition coefficient (Wildman–Crippen LogP) is 3.98. The summed E-state index contributed by atoms with van der Waals surface area (Å²) >= 11 is 0. The van der Waals surface area contributed by atoms with Crippen LogP contribution in [0.15, 0.2) is 42.5 Å². The van der Waals surface area contributed by atoms with Crippen LogP contribution in [0.25, 0.3) is 0 Å². The molecule has 0 aromatic heterocycles. The van der Waals surface area contributed by atoms with Crippen LogP contribution in [0.4, 0.5) is 0 Å². The molecule has 0 saturated heterocycles. The fourth-order valence-electron chi connectivity index (χ4n) is 3.41. The first-order chi connectivity index (χ1) is 15.8. The van der Waals surface area contributed by atoms with Gasteiger partial charge in [0.05, 0.1) is 21.3 Å². The summed E-state index contributed by atoms with van der Waals surface area (Å²) in [5.74, 6) is 1.76. The van der Waals surface area contributed by atoms with Crippen LogP contribution in [0, 0.1) is 0 Å². The Morgan fingerprint density at radius 3 is 2.12 bits per heavy atom. The molecule has 0 aliphatic rings. The van der Waals surface area contributed by atoms with E-state index in [4.69, 9.17) is 14.2 Å². The second-order valence-corrected chi connectivity index (χ2v) is 8.05. The van der Waals surface area contributed by atoms with Crippen molar-refractivity contribution in [2.75, 3.05) is 21.3 Å². The molecule has 0 spiro atoms. The summed E-state index contributed by atoms with van der Waals surface area (Å²) in [5.41, 5.74) is 1.89. The fourth-order valence-corrected chi connectivity index (χ4v) is 3.41. The minimum absolute atomic E-state index is 0.0460. The van der Waals surface area contributed by atoms with E-state index in [1.807, 2.05) is 56.3 Å². The minimum Gasteiger partial charge on any atom is -0.497 e. The molecular formula is C26H36N2O5. The zero-order valence-electron chi connectivity index (χ0n) is 20.5. The Morgan fingerprint density at radius 1 is 0.909 bits per heavy atom. The highest BCUT2D eigenvalue weighted by atomic mass is 16.5. The van der Waals surface area contributed by atoms with E-state index in [0.717, 1.165) is 23.3 Å². The molecule has 2 aromatic carbocycles. The molecule has 7 nitrogen and oxygen atoms in total. The van der Waals surface area contributed by atoms with Gasteiger partial charge in [0.2, 0.25) is 11.8 Å². The van der Waals surface area contributed by atoms with Crippen molar-refractivity contribution < 1.29 is 23.8 Å². The van der Waals surface area contributed by atoms with Gasteiger partial charge in [0.1, 0.15) is 11.8 Å². The van der Waals surface area contributed by atoms with Gasteiger partial charge in [-0.05, 0) is 62.1 Å². The topological polar surface area (TPSA) is 77.1 Å². The highest BCUT2D eigenvalue weighted by Crippen LogP contribution is 2.28. The highest BCUT2D eigenvalue weighted by Gasteiger charge is 2.26. The van der Waals surface area contributed by atoms with Crippen molar-refractivity contribution in [3.8, 4) is 17.2 Å². The van der Waals surface area contributed by atoms with Gasteiger partial charge in [-0.3, -0.25) is 9.59 Å². The number of carbonyl (C=O) groups is 2. The Bertz CT molecular complexity index is 913. The van der Waals surface area contributed by atoms with Crippen LogP contribution in [0.5, 0.6) is 17.2 Å². The number of benzene rings is 2. The Labute approximate surface area is 197 Å². The zero-order valence-corrected chi connectivity index (χ0v) is 20.5. The van der Waals surface area contributed by atoms with Crippen LogP contribution in [-0.2, 0) is 22.6 Å². The molecule has 33 heavy (non-hydrogen) atoms. The monoisotopic (exact) mass is 456 g/mol. The number of carbonyl (C=O) groups excluding carboxylic acids is 2. The molecule has 1 N–H and O–H groups in total. The maximum atomic E-state index is 13.3. The van der Waals surface area contributed by atoms with E-state index in [1.165, 1.54) is 0 Å². The van der Waals surface area contributed by atoms with Gasteiger partial charge >= 0.3 is 0 Å². The van der Waals surface area contributed by atoms with Gasteiger partial charge in [0, 0.05) is 19.0 Å². The molecule has 0 aliphatic heterocycles. The Balaban J connectivity index is 2.18. The van der Waals surface area contributed by atoms with Crippen molar-refractivity contribution in [2.45, 2.75) is 58.7 Å². The van der Waals surface area contributed by atoms with E-state index in [-0.39, 0.29) is 24.3 Å². The molecule has 0 fully saturated rings. The van der Waals surface area contributed by atoms with Gasteiger partial charge in [-0.25, -0.2) is 0 Å². The highest BCUT2D eigenvalue weighted by molar-refractivity contribution is 5.87. The van der Waals surface area contributed by atoms with Gasteiger partial charge < -0.3 is 24.4 Å². The van der Waals surface area contributed by atoms with Crippen molar-refractivity contribution in [3.05, 3.63) is 53.6 Å². The van der Waals surface area contributed by atoms with Crippen LogP contribution in [0.3, 0.4) is 0 Å². The average Bonchev–Trinajstić information content (AvgIpc) is 2.85. The van der Waals surface area contributed by atoms with Gasteiger partial charge in [-0.2, -0.15) is 0 Å². The van der Waals surface area contributed by atoms with Gasteiger partial charge in [-0.15, -0.1) is 0 Å². The van der Waals surface area contributed by atoms with Crippen LogP contribution in [-0.4, -0.2) is 50.1 Å². The molecule has 0 saturated carbocycles. The molecule has 0 unspecified atom stereocenters. The van der Waals surface area contributed by atoms with Crippen molar-refractivity contribution >= 4 is 11.8 Å². The first-order valence-corrected chi connectivity index (χ1v) is 11.3. The summed E-state index contributed by atoms with van der Waals surface area (Å²) in [5, 5.41) is 2.99. The molecule has 0 heterocycles. The number of ether oxygens (including phenoxy) is 3. The smallest absolute Gasteiger partial charge is 0.242 e. The van der Waals surface area contributed by atoms with Crippen LogP contribution in [0.2, 0.25) is 0 Å². The number of amides is 2. The summed E-state index contributed by atoms with van der Waals surface area (Å²) in [7, 11) is 4.78. The number of rotatable bonds is 12. The third kappa shape index (κ3) is 7.41. The number of methoxy groups -OCH3 is 3. The summed E-state index contributed by atoms with van der Waals surface area (Å²) in [4.78, 5) is 27.7. The van der Waals surface area contributed by atoms with E-state index in [2.05, 4.69) is 5.32 Å². The van der Waals surface area contributed by atoms with Crippen LogP contribution >= 0.6 is 0 Å². The van der Waals surface area contributed by atoms with E-state index in [1.54, 1.807) is 33.2 Å². The number of nitrogens with zero attached hydrogens (tertiary/aromatic N) is 1. The molecule has 0 radical (unpaired) electrons. The molecule has 2 rings (SSSR count).